The number of hydrogen-bond donors (Lipinski definition) is 0. The predicted molar refractivity (Wildman–Crippen MR) is 97.7 cm³/mol. The molecule has 0 aliphatic rings. The molecule has 0 saturated carbocycles. The maximum atomic E-state index is 5.46. The zero-order valence-corrected chi connectivity index (χ0v) is 17.1. The first-order chi connectivity index (χ1) is 8.93. The van der Waals surface area contributed by atoms with Gasteiger partial charge in [0, 0.05) is 46.7 Å². The summed E-state index contributed by atoms with van der Waals surface area (Å²) in [7, 11) is 13.1. The third-order valence-corrected chi connectivity index (χ3v) is 13.1. The van der Waals surface area contributed by atoms with Crippen molar-refractivity contribution in [1.29, 1.82) is 0 Å². The van der Waals surface area contributed by atoms with Crippen LogP contribution in [0.4, 0.5) is 0 Å². The molecule has 114 valence electrons. The lowest BCUT2D eigenvalue weighted by molar-refractivity contribution is 0.116. The zero-order valence-electron chi connectivity index (χ0n) is 12.0. The summed E-state index contributed by atoms with van der Waals surface area (Å²) in [4.78, 5) is 1.93. The van der Waals surface area contributed by atoms with Crippen LogP contribution >= 0.6 is 53.5 Å². The zero-order chi connectivity index (χ0) is 14.9. The molecule has 0 aliphatic carbocycles. The van der Waals surface area contributed by atoms with E-state index in [1.54, 1.807) is 62.6 Å². The summed E-state index contributed by atoms with van der Waals surface area (Å²) >= 11 is 5.19. The summed E-state index contributed by atoms with van der Waals surface area (Å²) in [6.07, 6.45) is 0. The number of nitrogens with zero attached hydrogens (tertiary/aromatic N) is 1. The molecule has 0 aromatic carbocycles. The Balaban J connectivity index is 3.91. The normalized spacial score (nSPS) is 13.4. The van der Waals surface area contributed by atoms with E-state index in [0.29, 0.717) is 0 Å². The molecule has 19 heavy (non-hydrogen) atoms. The molecule has 0 rings (SSSR count). The molecule has 0 amide bonds. The van der Waals surface area contributed by atoms with Crippen LogP contribution in [0.2, 0.25) is 5.54 Å². The van der Waals surface area contributed by atoms with Gasteiger partial charge < -0.3 is 18.2 Å². The van der Waals surface area contributed by atoms with Crippen molar-refractivity contribution >= 4 is 66.6 Å². The first kappa shape index (κ1) is 20.4. The van der Waals surface area contributed by atoms with Gasteiger partial charge in [-0.3, -0.25) is 0 Å². The fraction of sp³-hybridized carbons (Fsp3) is 0.889. The van der Waals surface area contributed by atoms with Gasteiger partial charge in [-0.15, -0.1) is 0 Å². The number of hydrogen-bond acceptors (Lipinski definition) is 8. The van der Waals surface area contributed by atoms with Crippen LogP contribution < -0.4 is 0 Å². The van der Waals surface area contributed by atoms with Crippen molar-refractivity contribution in [3.63, 3.8) is 0 Å². The third kappa shape index (κ3) is 7.27. The molecule has 0 radical (unpaired) electrons. The topological polar surface area (TPSA) is 30.9 Å². The van der Waals surface area contributed by atoms with Gasteiger partial charge >= 0.3 is 8.80 Å². The van der Waals surface area contributed by atoms with Crippen LogP contribution in [0, 0.1) is 0 Å². The number of thiocarbonyl (C=S) groups is 1. The van der Waals surface area contributed by atoms with Crippen LogP contribution in [0.1, 0.15) is 6.92 Å². The lowest BCUT2D eigenvalue weighted by Crippen LogP contribution is -2.47. The predicted octanol–water partition coefficient (Wildman–Crippen LogP) is 3.78. The molecule has 0 saturated heterocycles. The Morgan fingerprint density at radius 2 is 1.68 bits per heavy atom. The lowest BCUT2D eigenvalue weighted by atomic mass is 10.6. The SMILES string of the molecule is CO[Si](OC)(OC)C(C)CSSSSC(=S)N(C)C. The monoisotopic (exact) mass is 379 g/mol. The maximum Gasteiger partial charge on any atom is 0.504 e. The highest BCUT2D eigenvalue weighted by molar-refractivity contribution is 9.27. The van der Waals surface area contributed by atoms with Crippen molar-refractivity contribution in [2.45, 2.75) is 12.5 Å². The summed E-state index contributed by atoms with van der Waals surface area (Å²) in [5.74, 6) is 0.911. The largest absolute Gasteiger partial charge is 0.504 e. The van der Waals surface area contributed by atoms with Gasteiger partial charge in [0.15, 0.2) is 0 Å². The summed E-state index contributed by atoms with van der Waals surface area (Å²) in [5, 5.41) is 0. The quantitative estimate of drug-likeness (QED) is 0.257. The average Bonchev–Trinajstić information content (AvgIpc) is 2.40. The molecule has 0 fully saturated rings. The van der Waals surface area contributed by atoms with Crippen LogP contribution in [0.3, 0.4) is 0 Å². The highest BCUT2D eigenvalue weighted by Crippen LogP contribution is 2.45. The summed E-state index contributed by atoms with van der Waals surface area (Å²) in [5.41, 5.74) is 0.247. The van der Waals surface area contributed by atoms with E-state index >= 15 is 0 Å². The molecule has 0 aromatic heterocycles. The van der Waals surface area contributed by atoms with E-state index < -0.39 is 8.80 Å². The second-order valence-corrected chi connectivity index (χ2v) is 13.7. The third-order valence-electron chi connectivity index (χ3n) is 2.32. The van der Waals surface area contributed by atoms with Crippen LogP contribution in [0.25, 0.3) is 0 Å². The van der Waals surface area contributed by atoms with Crippen LogP contribution in [0.5, 0.6) is 0 Å². The molecule has 0 aromatic rings. The van der Waals surface area contributed by atoms with E-state index in [0.717, 1.165) is 10.1 Å². The summed E-state index contributed by atoms with van der Waals surface area (Å²) in [6.45, 7) is 2.10. The van der Waals surface area contributed by atoms with E-state index in [9.17, 15) is 0 Å². The van der Waals surface area contributed by atoms with Crippen LogP contribution in [-0.4, -0.2) is 59.2 Å². The molecule has 0 N–H and O–H groups in total. The van der Waals surface area contributed by atoms with Crippen molar-refractivity contribution in [3.05, 3.63) is 0 Å². The average molecular weight is 380 g/mol. The molecule has 1 unspecified atom stereocenters. The molecule has 0 aliphatic heterocycles. The molecular weight excluding hydrogens is 359 g/mol. The Kier molecular flexibility index (Phi) is 11.8. The van der Waals surface area contributed by atoms with Gasteiger partial charge in [0.2, 0.25) is 0 Å². The van der Waals surface area contributed by atoms with Gasteiger partial charge in [-0.2, -0.15) is 0 Å². The molecule has 10 heteroatoms. The number of rotatable bonds is 9. The van der Waals surface area contributed by atoms with Gasteiger partial charge in [-0.1, -0.05) is 29.9 Å². The van der Waals surface area contributed by atoms with Gasteiger partial charge in [-0.25, -0.2) is 0 Å². The van der Waals surface area contributed by atoms with Crippen molar-refractivity contribution < 1.29 is 13.3 Å². The molecule has 0 bridgehead atoms. The second-order valence-electron chi connectivity index (χ2n) is 3.78. The smallest absolute Gasteiger partial charge is 0.377 e. The first-order valence-corrected chi connectivity index (χ1v) is 12.6. The fourth-order valence-electron chi connectivity index (χ4n) is 1.22. The van der Waals surface area contributed by atoms with Crippen molar-refractivity contribution in [2.75, 3.05) is 41.2 Å². The molecule has 0 heterocycles. The first-order valence-electron chi connectivity index (χ1n) is 5.43. The highest BCUT2D eigenvalue weighted by atomic mass is 33.7. The summed E-state index contributed by atoms with van der Waals surface area (Å²) < 4.78 is 17.2. The molecule has 4 nitrogen and oxygen atoms in total. The van der Waals surface area contributed by atoms with Crippen LogP contribution in [-0.2, 0) is 13.3 Å². The van der Waals surface area contributed by atoms with Crippen molar-refractivity contribution in [1.82, 2.24) is 4.90 Å². The Labute approximate surface area is 138 Å². The Bertz CT molecular complexity index is 260. The van der Waals surface area contributed by atoms with Gasteiger partial charge in [0.05, 0.1) is 0 Å². The van der Waals surface area contributed by atoms with Gasteiger partial charge in [0.1, 0.15) is 4.32 Å². The second kappa shape index (κ2) is 11.0. The minimum absolute atomic E-state index is 0.247. The van der Waals surface area contributed by atoms with Gasteiger partial charge in [-0.05, 0) is 30.4 Å². The van der Waals surface area contributed by atoms with E-state index in [2.05, 4.69) is 6.92 Å². The van der Waals surface area contributed by atoms with Crippen molar-refractivity contribution in [3.8, 4) is 0 Å². The van der Waals surface area contributed by atoms with Crippen molar-refractivity contribution in [2.24, 2.45) is 0 Å². The van der Waals surface area contributed by atoms with E-state index in [1.807, 2.05) is 19.0 Å². The lowest BCUT2D eigenvalue weighted by Gasteiger charge is -2.29. The molecule has 0 spiro atoms. The Hall–Kier alpha value is 1.39. The summed E-state index contributed by atoms with van der Waals surface area (Å²) in [6, 6.07) is 0. The Morgan fingerprint density at radius 3 is 2.11 bits per heavy atom. The van der Waals surface area contributed by atoms with E-state index in [-0.39, 0.29) is 5.54 Å². The standard InChI is InChI=1S/C9H21NO3S5Si/c1-8(19(11-4,12-5)13-6)7-15-17-18-16-9(14)10(2)3/h8H,7H2,1-6H3. The van der Waals surface area contributed by atoms with E-state index in [1.165, 1.54) is 0 Å². The van der Waals surface area contributed by atoms with E-state index in [4.69, 9.17) is 25.5 Å². The minimum Gasteiger partial charge on any atom is -0.377 e. The molecular formula is C9H21NO3S5Si. The Morgan fingerprint density at radius 1 is 1.16 bits per heavy atom. The van der Waals surface area contributed by atoms with Crippen LogP contribution in [0.15, 0.2) is 0 Å². The maximum absolute atomic E-state index is 5.46. The van der Waals surface area contributed by atoms with Gasteiger partial charge in [0.25, 0.3) is 0 Å². The highest BCUT2D eigenvalue weighted by Gasteiger charge is 2.44. The fourth-order valence-corrected chi connectivity index (χ4v) is 10.7. The molecule has 1 atom stereocenters. The minimum atomic E-state index is -2.50.